The molecule has 0 spiro atoms. The summed E-state index contributed by atoms with van der Waals surface area (Å²) in [5.74, 6) is 0.449. The van der Waals surface area contributed by atoms with Crippen molar-refractivity contribution >= 4 is 5.95 Å². The first kappa shape index (κ1) is 10.4. The van der Waals surface area contributed by atoms with E-state index in [0.29, 0.717) is 18.2 Å². The Morgan fingerprint density at radius 2 is 2.43 bits per heavy atom. The van der Waals surface area contributed by atoms with Crippen molar-refractivity contribution in [2.75, 3.05) is 18.5 Å². The number of anilines is 1. The van der Waals surface area contributed by atoms with Crippen LogP contribution in [0.3, 0.4) is 0 Å². The largest absolute Gasteiger partial charge is 0.392 e. The van der Waals surface area contributed by atoms with Crippen molar-refractivity contribution in [3.8, 4) is 6.07 Å². The molecule has 0 aliphatic rings. The summed E-state index contributed by atoms with van der Waals surface area (Å²) in [6, 6.07) is 3.48. The van der Waals surface area contributed by atoms with E-state index in [1.165, 1.54) is 6.20 Å². The van der Waals surface area contributed by atoms with Gasteiger partial charge in [-0.25, -0.2) is 9.97 Å². The molecular weight excluding hydrogens is 180 g/mol. The molecule has 0 aliphatic carbocycles. The van der Waals surface area contributed by atoms with Crippen LogP contribution in [0.2, 0.25) is 0 Å². The van der Waals surface area contributed by atoms with Gasteiger partial charge in [-0.15, -0.1) is 0 Å². The lowest BCUT2D eigenvalue weighted by atomic mass is 10.4. The predicted molar refractivity (Wildman–Crippen MR) is 51.7 cm³/mol. The predicted octanol–water partition coefficient (Wildman–Crippen LogP) is 0.165. The highest BCUT2D eigenvalue weighted by Gasteiger charge is 2.07. The number of hydrogen-bond acceptors (Lipinski definition) is 5. The summed E-state index contributed by atoms with van der Waals surface area (Å²) < 4.78 is 0. The number of nitriles is 1. The molecule has 1 atom stereocenters. The zero-order chi connectivity index (χ0) is 10.6. The molecule has 1 unspecified atom stereocenters. The number of rotatable bonds is 3. The molecule has 0 bridgehead atoms. The van der Waals surface area contributed by atoms with Crippen LogP contribution in [-0.2, 0) is 0 Å². The lowest BCUT2D eigenvalue weighted by molar-refractivity contribution is 0.201. The van der Waals surface area contributed by atoms with E-state index in [1.54, 1.807) is 24.9 Å². The van der Waals surface area contributed by atoms with E-state index in [4.69, 9.17) is 10.4 Å². The number of aromatic nitrogens is 2. The fraction of sp³-hybridized carbons (Fsp3) is 0.444. The van der Waals surface area contributed by atoms with Crippen molar-refractivity contribution in [1.29, 1.82) is 5.26 Å². The van der Waals surface area contributed by atoms with Gasteiger partial charge in [0.25, 0.3) is 0 Å². The highest BCUT2D eigenvalue weighted by Crippen LogP contribution is 2.05. The van der Waals surface area contributed by atoms with Gasteiger partial charge in [0.1, 0.15) is 11.8 Å². The molecule has 1 aromatic rings. The average Bonchev–Trinajstić information content (AvgIpc) is 2.17. The normalized spacial score (nSPS) is 11.9. The number of likely N-dealkylation sites (N-methyl/N-ethyl adjacent to an activating group) is 1. The third kappa shape index (κ3) is 2.68. The summed E-state index contributed by atoms with van der Waals surface area (Å²) >= 11 is 0. The second-order valence-electron chi connectivity index (χ2n) is 3.08. The molecule has 0 aromatic carbocycles. The van der Waals surface area contributed by atoms with Crippen LogP contribution in [0.25, 0.3) is 0 Å². The van der Waals surface area contributed by atoms with Crippen LogP contribution < -0.4 is 4.90 Å². The van der Waals surface area contributed by atoms with Gasteiger partial charge in [0.15, 0.2) is 0 Å². The summed E-state index contributed by atoms with van der Waals surface area (Å²) in [5, 5.41) is 17.8. The lowest BCUT2D eigenvalue weighted by Gasteiger charge is -2.18. The van der Waals surface area contributed by atoms with Gasteiger partial charge >= 0.3 is 0 Å². The van der Waals surface area contributed by atoms with E-state index in [9.17, 15) is 0 Å². The van der Waals surface area contributed by atoms with Crippen LogP contribution in [0.15, 0.2) is 12.3 Å². The Hall–Kier alpha value is -1.67. The fourth-order valence-electron chi connectivity index (χ4n) is 1.07. The first-order chi connectivity index (χ1) is 6.63. The van der Waals surface area contributed by atoms with Gasteiger partial charge < -0.3 is 10.0 Å². The van der Waals surface area contributed by atoms with Crippen LogP contribution in [0.4, 0.5) is 5.95 Å². The third-order valence-electron chi connectivity index (χ3n) is 1.64. The minimum Gasteiger partial charge on any atom is -0.392 e. The van der Waals surface area contributed by atoms with Gasteiger partial charge in [-0.3, -0.25) is 0 Å². The fourth-order valence-corrected chi connectivity index (χ4v) is 1.07. The highest BCUT2D eigenvalue weighted by atomic mass is 16.3. The van der Waals surface area contributed by atoms with Crippen LogP contribution in [-0.4, -0.2) is 34.8 Å². The molecular formula is C9H12N4O. The van der Waals surface area contributed by atoms with Crippen molar-refractivity contribution in [2.45, 2.75) is 13.0 Å². The summed E-state index contributed by atoms with van der Waals surface area (Å²) in [6.45, 7) is 2.12. The topological polar surface area (TPSA) is 73.0 Å². The van der Waals surface area contributed by atoms with Gasteiger partial charge in [0.2, 0.25) is 5.95 Å². The van der Waals surface area contributed by atoms with E-state index in [0.717, 1.165) is 0 Å². The van der Waals surface area contributed by atoms with E-state index in [1.807, 2.05) is 6.07 Å². The monoisotopic (exact) mass is 192 g/mol. The molecule has 1 heterocycles. The second kappa shape index (κ2) is 4.53. The average molecular weight is 192 g/mol. The summed E-state index contributed by atoms with van der Waals surface area (Å²) in [6.07, 6.45) is 1.08. The SMILES string of the molecule is CC(O)CN(C)c1nccc(C#N)n1. The number of hydrogen-bond donors (Lipinski definition) is 1. The molecule has 1 aromatic heterocycles. The van der Waals surface area contributed by atoms with Crippen LogP contribution in [0.5, 0.6) is 0 Å². The van der Waals surface area contributed by atoms with Crippen molar-refractivity contribution < 1.29 is 5.11 Å². The van der Waals surface area contributed by atoms with Crippen LogP contribution in [0.1, 0.15) is 12.6 Å². The number of aliphatic hydroxyl groups is 1. The van der Waals surface area contributed by atoms with E-state index in [-0.39, 0.29) is 0 Å². The Balaban J connectivity index is 2.80. The summed E-state index contributed by atoms with van der Waals surface area (Å²) in [7, 11) is 1.77. The lowest BCUT2D eigenvalue weighted by Crippen LogP contribution is -2.28. The smallest absolute Gasteiger partial charge is 0.226 e. The molecule has 0 saturated carbocycles. The highest BCUT2D eigenvalue weighted by molar-refractivity contribution is 5.32. The van der Waals surface area contributed by atoms with Gasteiger partial charge in [0, 0.05) is 19.8 Å². The van der Waals surface area contributed by atoms with Gasteiger partial charge in [-0.1, -0.05) is 0 Å². The summed E-state index contributed by atoms with van der Waals surface area (Å²) in [5.41, 5.74) is 0.326. The van der Waals surface area contributed by atoms with Gasteiger partial charge in [-0.05, 0) is 13.0 Å². The van der Waals surface area contributed by atoms with Crippen molar-refractivity contribution in [3.63, 3.8) is 0 Å². The molecule has 1 rings (SSSR count). The van der Waals surface area contributed by atoms with Crippen LogP contribution >= 0.6 is 0 Å². The molecule has 74 valence electrons. The molecule has 0 radical (unpaired) electrons. The Labute approximate surface area is 82.6 Å². The Morgan fingerprint density at radius 1 is 1.71 bits per heavy atom. The molecule has 0 saturated heterocycles. The standard InChI is InChI=1S/C9H12N4O/c1-7(14)6-13(2)9-11-4-3-8(5-10)12-9/h3-4,7,14H,6H2,1-2H3. The van der Waals surface area contributed by atoms with E-state index < -0.39 is 6.10 Å². The Bertz CT molecular complexity index is 345. The van der Waals surface area contributed by atoms with E-state index >= 15 is 0 Å². The first-order valence-electron chi connectivity index (χ1n) is 4.26. The molecule has 5 nitrogen and oxygen atoms in total. The van der Waals surface area contributed by atoms with Crippen LogP contribution in [0, 0.1) is 11.3 Å². The molecule has 0 aliphatic heterocycles. The molecule has 1 N–H and O–H groups in total. The number of nitrogens with zero attached hydrogens (tertiary/aromatic N) is 4. The third-order valence-corrected chi connectivity index (χ3v) is 1.64. The first-order valence-corrected chi connectivity index (χ1v) is 4.26. The Morgan fingerprint density at radius 3 is 3.00 bits per heavy atom. The Kier molecular flexibility index (Phi) is 3.37. The quantitative estimate of drug-likeness (QED) is 0.738. The van der Waals surface area contributed by atoms with Crippen molar-refractivity contribution in [2.24, 2.45) is 0 Å². The minimum atomic E-state index is -0.450. The van der Waals surface area contributed by atoms with Gasteiger partial charge in [0.05, 0.1) is 6.10 Å². The molecule has 0 amide bonds. The number of aliphatic hydroxyl groups excluding tert-OH is 1. The molecule has 0 fully saturated rings. The zero-order valence-electron chi connectivity index (χ0n) is 8.18. The maximum absolute atomic E-state index is 9.15. The van der Waals surface area contributed by atoms with Crippen molar-refractivity contribution in [1.82, 2.24) is 9.97 Å². The second-order valence-corrected chi connectivity index (χ2v) is 3.08. The summed E-state index contributed by atoms with van der Waals surface area (Å²) in [4.78, 5) is 9.68. The maximum atomic E-state index is 9.15. The van der Waals surface area contributed by atoms with E-state index in [2.05, 4.69) is 9.97 Å². The molecule has 14 heavy (non-hydrogen) atoms. The van der Waals surface area contributed by atoms with Gasteiger partial charge in [-0.2, -0.15) is 5.26 Å². The van der Waals surface area contributed by atoms with Crippen molar-refractivity contribution in [3.05, 3.63) is 18.0 Å². The maximum Gasteiger partial charge on any atom is 0.226 e. The zero-order valence-corrected chi connectivity index (χ0v) is 8.18. The molecule has 5 heteroatoms. The minimum absolute atomic E-state index is 0.326.